The van der Waals surface area contributed by atoms with Crippen molar-refractivity contribution in [1.29, 1.82) is 0 Å². The first kappa shape index (κ1) is 9.85. The number of hydrogen-bond acceptors (Lipinski definition) is 2. The lowest BCUT2D eigenvalue weighted by molar-refractivity contribution is 0.127. The lowest BCUT2D eigenvalue weighted by Gasteiger charge is -2.11. The van der Waals surface area contributed by atoms with E-state index in [0.717, 1.165) is 6.61 Å². The van der Waals surface area contributed by atoms with Crippen LogP contribution in [0.4, 0.5) is 4.39 Å². The highest BCUT2D eigenvalue weighted by atomic mass is 19.1. The van der Waals surface area contributed by atoms with Gasteiger partial charge in [-0.1, -0.05) is 0 Å². The summed E-state index contributed by atoms with van der Waals surface area (Å²) >= 11 is 0. The predicted octanol–water partition coefficient (Wildman–Crippen LogP) is 0.970. The molecule has 0 fully saturated rings. The normalized spacial score (nSPS) is 13.5. The van der Waals surface area contributed by atoms with Gasteiger partial charge in [0.2, 0.25) is 0 Å². The van der Waals surface area contributed by atoms with Gasteiger partial charge in [-0.15, -0.1) is 0 Å². The van der Waals surface area contributed by atoms with E-state index in [0.29, 0.717) is 13.2 Å². The maximum atomic E-state index is 11.6. The van der Waals surface area contributed by atoms with Crippen molar-refractivity contribution < 1.29 is 9.13 Å². The van der Waals surface area contributed by atoms with Crippen molar-refractivity contribution in [3.05, 3.63) is 0 Å². The van der Waals surface area contributed by atoms with Crippen molar-refractivity contribution in [1.82, 2.24) is 5.32 Å². The van der Waals surface area contributed by atoms with E-state index in [1.165, 1.54) is 0 Å². The molecular weight excluding hydrogens is 133 g/mol. The molecule has 0 aromatic heterocycles. The third-order valence-corrected chi connectivity index (χ3v) is 1.16. The molecule has 0 rings (SSSR count). The quantitative estimate of drug-likeness (QED) is 0.607. The Morgan fingerprint density at radius 1 is 1.60 bits per heavy atom. The third kappa shape index (κ3) is 5.98. The average molecular weight is 149 g/mol. The van der Waals surface area contributed by atoms with Gasteiger partial charge in [-0.25, -0.2) is 4.39 Å². The van der Waals surface area contributed by atoms with E-state index in [2.05, 4.69) is 5.32 Å². The van der Waals surface area contributed by atoms with Crippen LogP contribution in [-0.4, -0.2) is 32.5 Å². The summed E-state index contributed by atoms with van der Waals surface area (Å²) in [6.07, 6.45) is 0. The van der Waals surface area contributed by atoms with E-state index in [1.807, 2.05) is 13.8 Å². The summed E-state index contributed by atoms with van der Waals surface area (Å²) < 4.78 is 16.7. The highest BCUT2D eigenvalue weighted by Crippen LogP contribution is 1.82. The zero-order valence-electron chi connectivity index (χ0n) is 6.69. The van der Waals surface area contributed by atoms with Gasteiger partial charge in [0.25, 0.3) is 0 Å². The van der Waals surface area contributed by atoms with Gasteiger partial charge in [-0.2, -0.15) is 0 Å². The van der Waals surface area contributed by atoms with Gasteiger partial charge in [0.05, 0.1) is 6.61 Å². The third-order valence-electron chi connectivity index (χ3n) is 1.16. The van der Waals surface area contributed by atoms with E-state index in [9.17, 15) is 4.39 Å². The molecule has 2 nitrogen and oxygen atoms in total. The van der Waals surface area contributed by atoms with Crippen LogP contribution in [0.3, 0.4) is 0 Å². The second-order valence-corrected chi connectivity index (χ2v) is 2.20. The summed E-state index contributed by atoms with van der Waals surface area (Å²) in [5, 5.41) is 2.97. The second kappa shape index (κ2) is 6.96. The fraction of sp³-hybridized carbons (Fsp3) is 1.00. The number of halogens is 1. The molecule has 0 aromatic carbocycles. The van der Waals surface area contributed by atoms with Gasteiger partial charge in [0.1, 0.15) is 6.67 Å². The van der Waals surface area contributed by atoms with E-state index >= 15 is 0 Å². The van der Waals surface area contributed by atoms with Gasteiger partial charge in [0, 0.05) is 19.2 Å². The first-order valence-electron chi connectivity index (χ1n) is 3.68. The Balaban J connectivity index is 3.00. The highest BCUT2D eigenvalue weighted by molar-refractivity contribution is 4.57. The van der Waals surface area contributed by atoms with Crippen molar-refractivity contribution in [2.45, 2.75) is 19.9 Å². The molecular formula is C7H16FNO. The molecule has 1 unspecified atom stereocenters. The first-order chi connectivity index (χ1) is 4.81. The predicted molar refractivity (Wildman–Crippen MR) is 39.9 cm³/mol. The van der Waals surface area contributed by atoms with Crippen LogP contribution >= 0.6 is 0 Å². The molecule has 0 heterocycles. The van der Waals surface area contributed by atoms with Crippen LogP contribution < -0.4 is 5.32 Å². The molecule has 0 spiro atoms. The average Bonchev–Trinajstić information content (AvgIpc) is 1.97. The molecule has 0 bridgehead atoms. The standard InChI is InChI=1S/C7H16FNO/c1-3-10-6-7(2)9-5-4-8/h7,9H,3-6H2,1-2H3. The lowest BCUT2D eigenvalue weighted by Crippen LogP contribution is -2.32. The minimum Gasteiger partial charge on any atom is -0.380 e. The number of alkyl halides is 1. The van der Waals surface area contributed by atoms with Crippen molar-refractivity contribution in [2.24, 2.45) is 0 Å². The van der Waals surface area contributed by atoms with E-state index in [1.54, 1.807) is 0 Å². The Labute approximate surface area is 61.8 Å². The summed E-state index contributed by atoms with van der Waals surface area (Å²) in [4.78, 5) is 0. The molecule has 10 heavy (non-hydrogen) atoms. The smallest absolute Gasteiger partial charge is 0.102 e. The SMILES string of the molecule is CCOCC(C)NCCF. The molecule has 0 aliphatic carbocycles. The Hall–Kier alpha value is -0.150. The molecule has 62 valence electrons. The van der Waals surface area contributed by atoms with Crippen LogP contribution in [0.15, 0.2) is 0 Å². The molecule has 3 heteroatoms. The van der Waals surface area contributed by atoms with Gasteiger partial charge in [0.15, 0.2) is 0 Å². The summed E-state index contributed by atoms with van der Waals surface area (Å²) in [5.41, 5.74) is 0. The van der Waals surface area contributed by atoms with E-state index in [-0.39, 0.29) is 12.7 Å². The summed E-state index contributed by atoms with van der Waals surface area (Å²) in [5.74, 6) is 0. The van der Waals surface area contributed by atoms with Crippen LogP contribution in [0, 0.1) is 0 Å². The topological polar surface area (TPSA) is 21.3 Å². The zero-order chi connectivity index (χ0) is 7.82. The van der Waals surface area contributed by atoms with Gasteiger partial charge < -0.3 is 10.1 Å². The summed E-state index contributed by atoms with van der Waals surface area (Å²) in [6.45, 7) is 5.43. The molecule has 0 saturated heterocycles. The monoisotopic (exact) mass is 149 g/mol. The highest BCUT2D eigenvalue weighted by Gasteiger charge is 1.97. The number of rotatable bonds is 6. The maximum absolute atomic E-state index is 11.6. The fourth-order valence-electron chi connectivity index (χ4n) is 0.655. The zero-order valence-corrected chi connectivity index (χ0v) is 6.69. The number of nitrogens with one attached hydrogen (secondary N) is 1. The maximum Gasteiger partial charge on any atom is 0.102 e. The Morgan fingerprint density at radius 2 is 2.30 bits per heavy atom. The Bertz CT molecular complexity index is 62.6. The molecule has 1 N–H and O–H groups in total. The van der Waals surface area contributed by atoms with Gasteiger partial charge in [-0.05, 0) is 13.8 Å². The van der Waals surface area contributed by atoms with Crippen molar-refractivity contribution >= 4 is 0 Å². The molecule has 1 atom stereocenters. The Morgan fingerprint density at radius 3 is 2.80 bits per heavy atom. The summed E-state index contributed by atoms with van der Waals surface area (Å²) in [6, 6.07) is 0.260. The largest absolute Gasteiger partial charge is 0.380 e. The molecule has 0 amide bonds. The molecule has 0 aromatic rings. The van der Waals surface area contributed by atoms with Crippen LogP contribution in [-0.2, 0) is 4.74 Å². The van der Waals surface area contributed by atoms with Crippen molar-refractivity contribution in [2.75, 3.05) is 26.4 Å². The number of ether oxygens (including phenoxy) is 1. The fourth-order valence-corrected chi connectivity index (χ4v) is 0.655. The van der Waals surface area contributed by atoms with Crippen molar-refractivity contribution in [3.8, 4) is 0 Å². The van der Waals surface area contributed by atoms with E-state index < -0.39 is 0 Å². The van der Waals surface area contributed by atoms with Gasteiger partial charge >= 0.3 is 0 Å². The minimum atomic E-state index is -0.309. The lowest BCUT2D eigenvalue weighted by atomic mass is 10.3. The van der Waals surface area contributed by atoms with Gasteiger partial charge in [-0.3, -0.25) is 0 Å². The van der Waals surface area contributed by atoms with Crippen LogP contribution in [0.25, 0.3) is 0 Å². The van der Waals surface area contributed by atoms with Crippen LogP contribution in [0.1, 0.15) is 13.8 Å². The molecule has 0 saturated carbocycles. The number of hydrogen-bond donors (Lipinski definition) is 1. The second-order valence-electron chi connectivity index (χ2n) is 2.20. The minimum absolute atomic E-state index is 0.260. The first-order valence-corrected chi connectivity index (χ1v) is 3.68. The van der Waals surface area contributed by atoms with Crippen molar-refractivity contribution in [3.63, 3.8) is 0 Å². The molecule has 0 aliphatic rings. The Kier molecular flexibility index (Phi) is 6.86. The van der Waals surface area contributed by atoms with E-state index in [4.69, 9.17) is 4.74 Å². The molecule has 0 aliphatic heterocycles. The van der Waals surface area contributed by atoms with Crippen LogP contribution in [0.2, 0.25) is 0 Å². The molecule has 0 radical (unpaired) electrons. The van der Waals surface area contributed by atoms with Crippen LogP contribution in [0.5, 0.6) is 0 Å². The summed E-state index contributed by atoms with van der Waals surface area (Å²) in [7, 11) is 0.